The third-order valence-corrected chi connectivity index (χ3v) is 4.07. The Morgan fingerprint density at radius 2 is 1.74 bits per heavy atom. The van der Waals surface area contributed by atoms with Crippen molar-refractivity contribution in [2.24, 2.45) is 0 Å². The summed E-state index contributed by atoms with van der Waals surface area (Å²) < 4.78 is 27.9. The number of hydrogen-bond acceptors (Lipinski definition) is 5. The molecule has 1 N–H and O–H groups in total. The predicted octanol–water partition coefficient (Wildman–Crippen LogP) is 3.12. The van der Waals surface area contributed by atoms with Gasteiger partial charge in [-0.05, 0) is 12.1 Å². The average Bonchev–Trinajstić information content (AvgIpc) is 2.98. The summed E-state index contributed by atoms with van der Waals surface area (Å²) >= 11 is 0. The van der Waals surface area contributed by atoms with Gasteiger partial charge < -0.3 is 28.7 Å². The van der Waals surface area contributed by atoms with Gasteiger partial charge in [0.05, 0.1) is 37.7 Å². The molecule has 6 nitrogen and oxygen atoms in total. The van der Waals surface area contributed by atoms with Gasteiger partial charge in [-0.3, -0.25) is 0 Å². The van der Waals surface area contributed by atoms with Crippen molar-refractivity contribution in [3.63, 3.8) is 0 Å². The number of ether oxygens (including phenoxy) is 5. The van der Waals surface area contributed by atoms with Crippen LogP contribution >= 0.6 is 0 Å². The zero-order valence-corrected chi connectivity index (χ0v) is 13.2. The molecule has 2 aromatic carbocycles. The number of benzene rings is 2. The van der Waals surface area contributed by atoms with Gasteiger partial charge >= 0.3 is 0 Å². The Hall–Kier alpha value is -2.76. The molecule has 0 spiro atoms. The van der Waals surface area contributed by atoms with Crippen molar-refractivity contribution in [1.29, 1.82) is 0 Å². The molecule has 2 heterocycles. The topological polar surface area (TPSA) is 61.9 Å². The first-order chi connectivity index (χ1) is 11.3. The van der Waals surface area contributed by atoms with Crippen LogP contribution < -0.4 is 23.7 Å². The van der Waals surface area contributed by atoms with Gasteiger partial charge in [-0.2, -0.15) is 0 Å². The van der Waals surface area contributed by atoms with E-state index in [2.05, 4.69) is 4.98 Å². The second-order valence-electron chi connectivity index (χ2n) is 5.21. The summed E-state index contributed by atoms with van der Waals surface area (Å²) in [7, 11) is 4.82. The summed E-state index contributed by atoms with van der Waals surface area (Å²) in [4.78, 5) is 3.39. The first-order valence-electron chi connectivity index (χ1n) is 7.31. The monoisotopic (exact) mass is 315 g/mol. The Morgan fingerprint density at radius 3 is 2.48 bits per heavy atom. The van der Waals surface area contributed by atoms with Crippen molar-refractivity contribution in [3.8, 4) is 28.7 Å². The maximum atomic E-state index is 5.79. The van der Waals surface area contributed by atoms with E-state index in [0.29, 0.717) is 30.5 Å². The summed E-state index contributed by atoms with van der Waals surface area (Å²) in [5, 5.41) is 1.92. The number of rotatable bonds is 3. The van der Waals surface area contributed by atoms with Crippen molar-refractivity contribution in [3.05, 3.63) is 18.2 Å². The first-order valence-corrected chi connectivity index (χ1v) is 7.31. The summed E-state index contributed by atoms with van der Waals surface area (Å²) in [6.45, 7) is 1.09. The van der Waals surface area contributed by atoms with Crippen molar-refractivity contribution >= 4 is 21.8 Å². The van der Waals surface area contributed by atoms with E-state index in [4.69, 9.17) is 23.7 Å². The van der Waals surface area contributed by atoms with E-state index in [0.717, 1.165) is 33.3 Å². The van der Waals surface area contributed by atoms with Crippen LogP contribution in [0.25, 0.3) is 21.8 Å². The second kappa shape index (κ2) is 5.15. The fraction of sp³-hybridized carbons (Fsp3) is 0.294. The molecule has 3 aromatic rings. The van der Waals surface area contributed by atoms with Crippen molar-refractivity contribution in [2.45, 2.75) is 0 Å². The Morgan fingerprint density at radius 1 is 0.957 bits per heavy atom. The molecule has 0 bridgehead atoms. The van der Waals surface area contributed by atoms with Crippen LogP contribution in [0.15, 0.2) is 18.2 Å². The van der Waals surface area contributed by atoms with Crippen LogP contribution in [0.5, 0.6) is 28.7 Å². The van der Waals surface area contributed by atoms with Gasteiger partial charge in [0.15, 0.2) is 23.0 Å². The lowest BCUT2D eigenvalue weighted by atomic mass is 10.1. The van der Waals surface area contributed by atoms with E-state index in [1.807, 2.05) is 18.2 Å². The Labute approximate surface area is 132 Å². The van der Waals surface area contributed by atoms with Gasteiger partial charge in [0.1, 0.15) is 13.2 Å². The normalized spacial score (nSPS) is 13.3. The lowest BCUT2D eigenvalue weighted by molar-refractivity contribution is 0.173. The quantitative estimate of drug-likeness (QED) is 0.804. The molecule has 0 saturated heterocycles. The van der Waals surface area contributed by atoms with Crippen molar-refractivity contribution in [1.82, 2.24) is 4.98 Å². The maximum absolute atomic E-state index is 5.79. The number of fused-ring (bicyclic) bond motifs is 5. The molecule has 0 atom stereocenters. The molecule has 0 radical (unpaired) electrons. The summed E-state index contributed by atoms with van der Waals surface area (Å²) in [6, 6.07) is 5.81. The fourth-order valence-corrected chi connectivity index (χ4v) is 3.11. The summed E-state index contributed by atoms with van der Waals surface area (Å²) in [5.74, 6) is 3.27. The predicted molar refractivity (Wildman–Crippen MR) is 86.5 cm³/mol. The average molecular weight is 315 g/mol. The molecule has 0 saturated carbocycles. The highest BCUT2D eigenvalue weighted by molar-refractivity contribution is 6.14. The second-order valence-corrected chi connectivity index (χ2v) is 5.21. The SMILES string of the molecule is COc1cc2[nH]c3c4c(ccc3c2c(OC)c1OC)OCCO4. The highest BCUT2D eigenvalue weighted by atomic mass is 16.6. The number of nitrogens with one attached hydrogen (secondary N) is 1. The smallest absolute Gasteiger partial charge is 0.204 e. The summed E-state index contributed by atoms with van der Waals surface area (Å²) in [6.07, 6.45) is 0. The van der Waals surface area contributed by atoms with E-state index in [9.17, 15) is 0 Å². The molecule has 120 valence electrons. The van der Waals surface area contributed by atoms with E-state index in [-0.39, 0.29) is 0 Å². The van der Waals surface area contributed by atoms with Gasteiger partial charge in [-0.25, -0.2) is 0 Å². The highest BCUT2D eigenvalue weighted by Crippen LogP contribution is 2.48. The number of hydrogen-bond donors (Lipinski definition) is 1. The van der Waals surface area contributed by atoms with Crippen LogP contribution in [-0.4, -0.2) is 39.5 Å². The Bertz CT molecular complexity index is 899. The lowest BCUT2D eigenvalue weighted by Crippen LogP contribution is -2.15. The third-order valence-electron chi connectivity index (χ3n) is 4.07. The van der Waals surface area contributed by atoms with Gasteiger partial charge in [-0.15, -0.1) is 0 Å². The summed E-state index contributed by atoms with van der Waals surface area (Å²) in [5.41, 5.74) is 1.77. The Kier molecular flexibility index (Phi) is 3.11. The number of methoxy groups -OCH3 is 3. The van der Waals surface area contributed by atoms with Crippen LogP contribution in [0.3, 0.4) is 0 Å². The van der Waals surface area contributed by atoms with Crippen molar-refractivity contribution in [2.75, 3.05) is 34.5 Å². The van der Waals surface area contributed by atoms with Gasteiger partial charge in [0.25, 0.3) is 0 Å². The standard InChI is InChI=1S/C17H17NO5/c1-19-12-8-10-13(17(21-3)16(12)20-2)9-4-5-11-15(14(9)18-10)23-7-6-22-11/h4-5,8,18H,6-7H2,1-3H3. The third kappa shape index (κ3) is 1.87. The molecular formula is C17H17NO5. The molecule has 4 rings (SSSR count). The number of H-pyrrole nitrogens is 1. The molecule has 23 heavy (non-hydrogen) atoms. The van der Waals surface area contributed by atoms with Gasteiger partial charge in [0, 0.05) is 11.5 Å². The minimum Gasteiger partial charge on any atom is -0.493 e. The number of aromatic amines is 1. The van der Waals surface area contributed by atoms with Crippen LogP contribution in [0.1, 0.15) is 0 Å². The van der Waals surface area contributed by atoms with Crippen LogP contribution in [0.2, 0.25) is 0 Å². The van der Waals surface area contributed by atoms with Crippen LogP contribution in [-0.2, 0) is 0 Å². The molecule has 0 unspecified atom stereocenters. The molecule has 1 aliphatic heterocycles. The molecule has 6 heteroatoms. The van der Waals surface area contributed by atoms with E-state index in [1.54, 1.807) is 21.3 Å². The van der Waals surface area contributed by atoms with E-state index >= 15 is 0 Å². The molecule has 1 aliphatic rings. The molecule has 0 amide bonds. The molecule has 1 aromatic heterocycles. The largest absolute Gasteiger partial charge is 0.493 e. The first kappa shape index (κ1) is 13.9. The lowest BCUT2D eigenvalue weighted by Gasteiger charge is -2.18. The molecule has 0 aliphatic carbocycles. The maximum Gasteiger partial charge on any atom is 0.204 e. The van der Waals surface area contributed by atoms with Gasteiger partial charge in [0.2, 0.25) is 5.75 Å². The zero-order valence-electron chi connectivity index (χ0n) is 13.2. The van der Waals surface area contributed by atoms with E-state index in [1.165, 1.54) is 0 Å². The zero-order chi connectivity index (χ0) is 16.0. The van der Waals surface area contributed by atoms with Crippen molar-refractivity contribution < 1.29 is 23.7 Å². The Balaban J connectivity index is 2.13. The molecular weight excluding hydrogens is 298 g/mol. The van der Waals surface area contributed by atoms with Crippen LogP contribution in [0.4, 0.5) is 0 Å². The fourth-order valence-electron chi connectivity index (χ4n) is 3.11. The van der Waals surface area contributed by atoms with E-state index < -0.39 is 0 Å². The highest BCUT2D eigenvalue weighted by Gasteiger charge is 2.23. The molecule has 0 fully saturated rings. The van der Waals surface area contributed by atoms with Crippen LogP contribution in [0, 0.1) is 0 Å². The number of aromatic nitrogens is 1. The minimum atomic E-state index is 0.533. The van der Waals surface area contributed by atoms with Gasteiger partial charge in [-0.1, -0.05) is 0 Å². The minimum absolute atomic E-state index is 0.533.